The van der Waals surface area contributed by atoms with Gasteiger partial charge in [-0.2, -0.15) is 0 Å². The van der Waals surface area contributed by atoms with E-state index in [9.17, 15) is 9.59 Å². The molecule has 1 aliphatic rings. The maximum atomic E-state index is 12.9. The topological polar surface area (TPSA) is 83.1 Å². The summed E-state index contributed by atoms with van der Waals surface area (Å²) in [4.78, 5) is 29.6. The van der Waals surface area contributed by atoms with Gasteiger partial charge in [-0.3, -0.25) is 0 Å². The van der Waals surface area contributed by atoms with Gasteiger partial charge in [0.25, 0.3) is 0 Å². The van der Waals surface area contributed by atoms with Crippen LogP contribution in [0.15, 0.2) is 36.5 Å². The summed E-state index contributed by atoms with van der Waals surface area (Å²) in [5, 5.41) is 9.71. The Labute approximate surface area is 192 Å². The van der Waals surface area contributed by atoms with E-state index in [4.69, 9.17) is 23.2 Å². The molecule has 3 rings (SSSR count). The molecule has 1 saturated heterocycles. The summed E-state index contributed by atoms with van der Waals surface area (Å²) >= 11 is 16.1. The zero-order valence-corrected chi connectivity index (χ0v) is 19.5. The molecule has 0 spiro atoms. The fourth-order valence-electron chi connectivity index (χ4n) is 2.78. The molecule has 1 aromatic carbocycles. The molecular formula is C19H19AsCl2N4O2S. The second-order valence-corrected chi connectivity index (χ2v) is 9.33. The first kappa shape index (κ1) is 22.4. The molecule has 10 heteroatoms. The van der Waals surface area contributed by atoms with Crippen LogP contribution in [0.25, 0.3) is 0 Å². The summed E-state index contributed by atoms with van der Waals surface area (Å²) in [5.74, 6) is 0.942. The van der Waals surface area contributed by atoms with E-state index in [1.165, 1.54) is 0 Å². The summed E-state index contributed by atoms with van der Waals surface area (Å²) in [6.45, 7) is 0.324. The van der Waals surface area contributed by atoms with E-state index < -0.39 is 6.04 Å². The zero-order chi connectivity index (χ0) is 20.8. The number of aromatic nitrogens is 1. The van der Waals surface area contributed by atoms with Crippen LogP contribution in [-0.2, 0) is 22.6 Å². The van der Waals surface area contributed by atoms with Gasteiger partial charge < -0.3 is 0 Å². The van der Waals surface area contributed by atoms with E-state index in [0.29, 0.717) is 28.8 Å². The van der Waals surface area contributed by atoms with Crippen molar-refractivity contribution in [1.29, 1.82) is 0 Å². The second-order valence-electron chi connectivity index (χ2n) is 6.53. The summed E-state index contributed by atoms with van der Waals surface area (Å²) in [7, 11) is 0. The molecule has 0 saturated carbocycles. The van der Waals surface area contributed by atoms with E-state index in [2.05, 4.69) is 37.8 Å². The van der Waals surface area contributed by atoms with Gasteiger partial charge in [0.05, 0.1) is 5.02 Å². The Hall–Kier alpha value is -1.24. The fourth-order valence-corrected chi connectivity index (χ4v) is 4.32. The zero-order valence-electron chi connectivity index (χ0n) is 15.3. The maximum absolute atomic E-state index is 12.9. The van der Waals surface area contributed by atoms with Gasteiger partial charge in [0.15, 0.2) is 0 Å². The van der Waals surface area contributed by atoms with Crippen molar-refractivity contribution in [2.24, 2.45) is 0 Å². The molecule has 0 bridgehead atoms. The molecule has 2 aromatic rings. The van der Waals surface area contributed by atoms with Gasteiger partial charge >= 0.3 is 147 Å². The first-order valence-corrected chi connectivity index (χ1v) is 11.7. The summed E-state index contributed by atoms with van der Waals surface area (Å²) in [5.41, 5.74) is 1.69. The Kier molecular flexibility index (Phi) is 8.27. The van der Waals surface area contributed by atoms with Crippen molar-refractivity contribution in [2.45, 2.75) is 25.0 Å². The molecule has 1 fully saturated rings. The Morgan fingerprint density at radius 1 is 1.24 bits per heavy atom. The second kappa shape index (κ2) is 10.7. The van der Waals surface area contributed by atoms with E-state index in [0.717, 1.165) is 21.5 Å². The molecule has 0 aliphatic carbocycles. The van der Waals surface area contributed by atoms with Crippen LogP contribution in [-0.4, -0.2) is 57.4 Å². The molecule has 1 aliphatic heterocycles. The van der Waals surface area contributed by atoms with Gasteiger partial charge in [0.1, 0.15) is 0 Å². The van der Waals surface area contributed by atoms with Gasteiger partial charge in [0.2, 0.25) is 0 Å². The number of hydrogen-bond donors (Lipinski definition) is 3. The van der Waals surface area contributed by atoms with Crippen LogP contribution in [0.1, 0.15) is 11.1 Å². The summed E-state index contributed by atoms with van der Waals surface area (Å²) in [6, 6.07) is 7.91. The van der Waals surface area contributed by atoms with Crippen molar-refractivity contribution in [3.63, 3.8) is 0 Å². The van der Waals surface area contributed by atoms with Crippen molar-refractivity contribution in [3.8, 4) is 0 Å². The summed E-state index contributed by atoms with van der Waals surface area (Å²) < 4.78 is 0.847. The Balaban J connectivity index is 1.69. The molecule has 0 unspecified atom stereocenters. The van der Waals surface area contributed by atoms with Gasteiger partial charge in [0, 0.05) is 5.88 Å². The number of halogens is 2. The van der Waals surface area contributed by atoms with E-state index in [1.54, 1.807) is 36.2 Å². The van der Waals surface area contributed by atoms with Crippen LogP contribution in [0.5, 0.6) is 0 Å². The number of hydrogen-bond acceptors (Lipinski definition) is 5. The van der Waals surface area contributed by atoms with Crippen LogP contribution >= 0.6 is 35.0 Å². The molecule has 6 nitrogen and oxygen atoms in total. The van der Waals surface area contributed by atoms with Crippen LogP contribution in [0.3, 0.4) is 0 Å². The smallest absolute Gasteiger partial charge is 0.144 e. The van der Waals surface area contributed by atoms with Crippen molar-refractivity contribution in [2.75, 3.05) is 11.6 Å². The van der Waals surface area contributed by atoms with Gasteiger partial charge in [-0.15, -0.1) is 11.8 Å². The number of carbonyl (C=O) groups excluding carboxylic acids is 2. The van der Waals surface area contributed by atoms with Gasteiger partial charge in [-0.05, 0) is 0 Å². The average Bonchev–Trinajstić information content (AvgIpc) is 3.24. The minimum atomic E-state index is -0.734. The number of carbonyl (C=O) groups is 2. The third-order valence-electron chi connectivity index (χ3n) is 4.37. The molecule has 29 heavy (non-hydrogen) atoms. The molecule has 2 amide bonds. The molecular weight excluding hydrogens is 494 g/mol. The van der Waals surface area contributed by atoms with Crippen molar-refractivity contribution < 1.29 is 9.59 Å². The predicted octanol–water partition coefficient (Wildman–Crippen LogP) is 1.19. The van der Waals surface area contributed by atoms with Crippen LogP contribution in [0, 0.1) is 0 Å². The van der Waals surface area contributed by atoms with Gasteiger partial charge in [-0.25, -0.2) is 0 Å². The normalized spacial score (nSPS) is 17.0. The monoisotopic (exact) mass is 512 g/mol. The number of nitrogens with one attached hydrogen (secondary N) is 3. The first-order chi connectivity index (χ1) is 13.9. The van der Waals surface area contributed by atoms with Crippen molar-refractivity contribution >= 4 is 68.1 Å². The van der Waals surface area contributed by atoms with E-state index in [-0.39, 0.29) is 17.9 Å². The minimum absolute atomic E-state index is 0.190. The number of benzene rings is 1. The van der Waals surface area contributed by atoms with Gasteiger partial charge in [-0.1, -0.05) is 23.2 Å². The standard InChI is InChI=1S/C19H19AsCl2N4O2S/c20-17-4-2-12(7-23-17)8-24-18(27)15(26-19(28)16-9-29-10-25-16)6-11-1-3-13(21)14(22)5-11/h1-5,7,15-16,25H,6,8-10H2,(H,24,27)(H,26,28)/t15-,16+/m0/s1. The number of amides is 2. The van der Waals surface area contributed by atoms with Crippen LogP contribution in [0.2, 0.25) is 10.0 Å². The molecule has 2 atom stereocenters. The average molecular weight is 513 g/mol. The minimum Gasteiger partial charge on any atom is -0.144 e. The number of pyridine rings is 1. The van der Waals surface area contributed by atoms with E-state index >= 15 is 0 Å². The molecule has 1 aromatic heterocycles. The summed E-state index contributed by atoms with van der Waals surface area (Å²) in [6.07, 6.45) is 2.01. The van der Waals surface area contributed by atoms with Crippen LogP contribution < -0.4 is 20.4 Å². The number of nitrogens with zero attached hydrogens (tertiary/aromatic N) is 1. The van der Waals surface area contributed by atoms with Crippen molar-refractivity contribution in [3.05, 3.63) is 57.7 Å². The molecule has 2 radical (unpaired) electrons. The quantitative estimate of drug-likeness (QED) is 0.485. The fraction of sp³-hybridized carbons (Fsp3) is 0.316. The Morgan fingerprint density at radius 2 is 2.03 bits per heavy atom. The predicted molar refractivity (Wildman–Crippen MR) is 118 cm³/mol. The SMILES string of the molecule is O=C(NCc1ccc([As])nc1)[C@H](Cc1ccc(Cl)c(Cl)c1)NC(=O)[C@H]1CSCN1. The third kappa shape index (κ3) is 6.62. The van der Waals surface area contributed by atoms with E-state index in [1.807, 2.05) is 12.1 Å². The molecule has 2 heterocycles. The Bertz CT molecular complexity index is 879. The first-order valence-electron chi connectivity index (χ1n) is 8.89. The Morgan fingerprint density at radius 3 is 2.69 bits per heavy atom. The molecule has 3 N–H and O–H groups in total. The van der Waals surface area contributed by atoms with Crippen molar-refractivity contribution in [1.82, 2.24) is 20.9 Å². The van der Waals surface area contributed by atoms with Crippen LogP contribution in [0.4, 0.5) is 0 Å². The number of rotatable bonds is 7. The number of thioether (sulfide) groups is 1. The third-order valence-corrected chi connectivity index (χ3v) is 6.60. The molecule has 152 valence electrons.